The zero-order chi connectivity index (χ0) is 21.5. The summed E-state index contributed by atoms with van der Waals surface area (Å²) < 4.78 is 20.0. The molecule has 1 aromatic carbocycles. The first-order valence-corrected chi connectivity index (χ1v) is 9.51. The number of rotatable bonds is 9. The number of pyridine rings is 1. The summed E-state index contributed by atoms with van der Waals surface area (Å²) in [4.78, 5) is 17.8. The zero-order valence-electron chi connectivity index (χ0n) is 16.7. The average Bonchev–Trinajstić information content (AvgIpc) is 3.12. The Morgan fingerprint density at radius 3 is 2.87 bits per heavy atom. The lowest BCUT2D eigenvalue weighted by molar-refractivity contribution is 0.141. The van der Waals surface area contributed by atoms with E-state index in [2.05, 4.69) is 21.0 Å². The predicted molar refractivity (Wildman–Crippen MR) is 112 cm³/mol. The van der Waals surface area contributed by atoms with E-state index in [1.165, 1.54) is 17.2 Å². The van der Waals surface area contributed by atoms with E-state index in [0.29, 0.717) is 48.7 Å². The van der Waals surface area contributed by atoms with Gasteiger partial charge in [0.15, 0.2) is 0 Å². The summed E-state index contributed by atoms with van der Waals surface area (Å²) in [6, 6.07) is 8.31. The maximum atomic E-state index is 14.8. The first-order chi connectivity index (χ1) is 14.5. The molecule has 1 fully saturated rings. The molecule has 0 radical (unpaired) electrons. The third-order valence-corrected chi connectivity index (χ3v) is 4.71. The number of benzene rings is 1. The number of nitrogens with two attached hydrogens (primary N) is 2. The molecular weight excluding hydrogens is 389 g/mol. The van der Waals surface area contributed by atoms with Crippen molar-refractivity contribution in [3.8, 4) is 11.1 Å². The molecule has 1 amide bonds. The standard InChI is InChI=1S/C20H26FN7O2/c1-24-11-17-12-28(20(29)30-17)16-4-5-18(19(21)6-16)13-2-3-14(26-8-13)9-25-10-15(7-22)27-23/h2-8,17,24-25,27H,9-12,22-23H2,1H3/b15-7-. The Labute approximate surface area is 174 Å². The van der Waals surface area contributed by atoms with Crippen molar-refractivity contribution in [1.82, 2.24) is 21.0 Å². The fourth-order valence-corrected chi connectivity index (χ4v) is 3.14. The van der Waals surface area contributed by atoms with Crippen LogP contribution in [0, 0.1) is 5.82 Å². The second-order valence-electron chi connectivity index (χ2n) is 6.82. The van der Waals surface area contributed by atoms with Gasteiger partial charge in [-0.3, -0.25) is 15.7 Å². The number of hydrogen-bond acceptors (Lipinski definition) is 8. The molecule has 160 valence electrons. The number of aromatic nitrogens is 1. The second kappa shape index (κ2) is 10.0. The van der Waals surface area contributed by atoms with Gasteiger partial charge in [0.1, 0.15) is 11.9 Å². The van der Waals surface area contributed by atoms with Gasteiger partial charge in [0.25, 0.3) is 0 Å². The third kappa shape index (κ3) is 5.03. The zero-order valence-corrected chi connectivity index (χ0v) is 16.7. The van der Waals surface area contributed by atoms with Gasteiger partial charge in [0, 0.05) is 43.2 Å². The largest absolute Gasteiger partial charge is 0.443 e. The number of anilines is 1. The number of nitrogens with zero attached hydrogens (tertiary/aromatic N) is 2. The van der Waals surface area contributed by atoms with Crippen molar-refractivity contribution in [3.63, 3.8) is 0 Å². The minimum Gasteiger partial charge on any atom is -0.443 e. The van der Waals surface area contributed by atoms with Gasteiger partial charge in [-0.05, 0) is 31.3 Å². The predicted octanol–water partition coefficient (Wildman–Crippen LogP) is 0.785. The molecule has 7 N–H and O–H groups in total. The Bertz CT molecular complexity index is 905. The number of nitrogens with one attached hydrogen (secondary N) is 3. The van der Waals surface area contributed by atoms with Gasteiger partial charge in [0.2, 0.25) is 0 Å². The topological polar surface area (TPSA) is 131 Å². The van der Waals surface area contributed by atoms with Gasteiger partial charge in [-0.25, -0.2) is 9.18 Å². The number of cyclic esters (lactones) is 1. The Balaban J connectivity index is 1.66. The van der Waals surface area contributed by atoms with E-state index in [4.69, 9.17) is 16.3 Å². The summed E-state index contributed by atoms with van der Waals surface area (Å²) in [5.74, 6) is 4.89. The second-order valence-corrected chi connectivity index (χ2v) is 6.82. The van der Waals surface area contributed by atoms with E-state index >= 15 is 0 Å². The van der Waals surface area contributed by atoms with Crippen molar-refractivity contribution in [2.75, 3.05) is 31.6 Å². The maximum Gasteiger partial charge on any atom is 0.414 e. The maximum absolute atomic E-state index is 14.8. The molecule has 1 saturated heterocycles. The third-order valence-electron chi connectivity index (χ3n) is 4.71. The summed E-state index contributed by atoms with van der Waals surface area (Å²) in [6.07, 6.45) is 2.27. The average molecular weight is 415 g/mol. The Morgan fingerprint density at radius 1 is 1.40 bits per heavy atom. The molecule has 2 aromatic rings. The van der Waals surface area contributed by atoms with Crippen molar-refractivity contribution >= 4 is 11.8 Å². The van der Waals surface area contributed by atoms with Gasteiger partial charge < -0.3 is 26.5 Å². The van der Waals surface area contributed by atoms with Gasteiger partial charge >= 0.3 is 6.09 Å². The molecule has 0 aliphatic carbocycles. The fraction of sp³-hybridized carbons (Fsp3) is 0.300. The molecule has 1 aromatic heterocycles. The molecule has 1 aliphatic heterocycles. The monoisotopic (exact) mass is 415 g/mol. The highest BCUT2D eigenvalue weighted by Crippen LogP contribution is 2.28. The molecule has 0 bridgehead atoms. The molecule has 1 unspecified atom stereocenters. The van der Waals surface area contributed by atoms with Crippen LogP contribution in [0.1, 0.15) is 5.69 Å². The van der Waals surface area contributed by atoms with Crippen LogP contribution in [-0.2, 0) is 11.3 Å². The SMILES string of the molecule is CNCC1CN(c2ccc(-c3ccc(CNC/C(=C/N)NN)nc3)c(F)c2)C(=O)O1. The molecule has 0 saturated carbocycles. The number of halogens is 1. The molecule has 3 rings (SSSR count). The van der Waals surface area contributed by atoms with E-state index in [0.717, 1.165) is 5.69 Å². The van der Waals surface area contributed by atoms with Crippen LogP contribution in [0.4, 0.5) is 14.9 Å². The van der Waals surface area contributed by atoms with Crippen LogP contribution in [-0.4, -0.2) is 43.9 Å². The minimum absolute atomic E-state index is 0.257. The Kier molecular flexibility index (Phi) is 7.17. The lowest BCUT2D eigenvalue weighted by Gasteiger charge is -2.14. The van der Waals surface area contributed by atoms with Crippen molar-refractivity contribution in [1.29, 1.82) is 0 Å². The molecule has 2 heterocycles. The first kappa shape index (κ1) is 21.5. The van der Waals surface area contributed by atoms with Crippen LogP contribution in [0.15, 0.2) is 48.4 Å². The normalized spacial score (nSPS) is 16.6. The summed E-state index contributed by atoms with van der Waals surface area (Å²) in [7, 11) is 1.78. The molecule has 1 atom stereocenters. The minimum atomic E-state index is -0.474. The van der Waals surface area contributed by atoms with Crippen molar-refractivity contribution in [2.45, 2.75) is 12.6 Å². The molecule has 9 nitrogen and oxygen atoms in total. The summed E-state index contributed by atoms with van der Waals surface area (Å²) in [6.45, 7) is 1.90. The van der Waals surface area contributed by atoms with Crippen LogP contribution in [0.5, 0.6) is 0 Å². The quantitative estimate of drug-likeness (QED) is 0.300. The number of ether oxygens (including phenoxy) is 1. The highest BCUT2D eigenvalue weighted by molar-refractivity contribution is 5.90. The summed E-state index contributed by atoms with van der Waals surface area (Å²) >= 11 is 0. The van der Waals surface area contributed by atoms with E-state index in [9.17, 15) is 9.18 Å². The van der Waals surface area contributed by atoms with E-state index in [-0.39, 0.29) is 6.10 Å². The summed E-state index contributed by atoms with van der Waals surface area (Å²) in [5, 5.41) is 6.11. The van der Waals surface area contributed by atoms with Gasteiger partial charge in [0.05, 0.1) is 23.6 Å². The number of carbonyl (C=O) groups excluding carboxylic acids is 1. The van der Waals surface area contributed by atoms with E-state index in [1.807, 2.05) is 6.07 Å². The molecule has 1 aliphatic rings. The van der Waals surface area contributed by atoms with E-state index in [1.54, 1.807) is 31.4 Å². The molecule has 0 spiro atoms. The van der Waals surface area contributed by atoms with Crippen LogP contribution >= 0.6 is 0 Å². The Hall–Kier alpha value is -3.21. The highest BCUT2D eigenvalue weighted by atomic mass is 19.1. The first-order valence-electron chi connectivity index (χ1n) is 9.51. The van der Waals surface area contributed by atoms with Gasteiger partial charge in [-0.15, -0.1) is 0 Å². The number of amides is 1. The molecular formula is C20H26FN7O2. The van der Waals surface area contributed by atoms with Crippen LogP contribution in [0.25, 0.3) is 11.1 Å². The fourth-order valence-electron chi connectivity index (χ4n) is 3.14. The lowest BCUT2D eigenvalue weighted by atomic mass is 10.1. The number of likely N-dealkylation sites (N-methyl/N-ethyl adjacent to an activating group) is 1. The van der Waals surface area contributed by atoms with Crippen molar-refractivity contribution in [3.05, 3.63) is 59.9 Å². The molecule has 10 heteroatoms. The molecule has 30 heavy (non-hydrogen) atoms. The van der Waals surface area contributed by atoms with Crippen LogP contribution in [0.3, 0.4) is 0 Å². The number of hydrazine groups is 1. The van der Waals surface area contributed by atoms with E-state index < -0.39 is 11.9 Å². The van der Waals surface area contributed by atoms with Crippen LogP contribution < -0.4 is 32.5 Å². The number of carbonyl (C=O) groups is 1. The van der Waals surface area contributed by atoms with Gasteiger partial charge in [-0.1, -0.05) is 6.07 Å². The summed E-state index contributed by atoms with van der Waals surface area (Å²) in [5.41, 5.74) is 10.9. The smallest absolute Gasteiger partial charge is 0.414 e. The van der Waals surface area contributed by atoms with Crippen LogP contribution in [0.2, 0.25) is 0 Å². The van der Waals surface area contributed by atoms with Crippen molar-refractivity contribution in [2.24, 2.45) is 11.6 Å². The highest BCUT2D eigenvalue weighted by Gasteiger charge is 2.32. The lowest BCUT2D eigenvalue weighted by Crippen LogP contribution is -2.30. The Morgan fingerprint density at radius 2 is 2.23 bits per heavy atom. The van der Waals surface area contributed by atoms with Gasteiger partial charge in [-0.2, -0.15) is 0 Å². The van der Waals surface area contributed by atoms with Crippen molar-refractivity contribution < 1.29 is 13.9 Å². The number of hydrogen-bond donors (Lipinski definition) is 5.